The number of morpholine rings is 1. The Labute approximate surface area is 171 Å². The first-order valence-corrected chi connectivity index (χ1v) is 10.4. The fourth-order valence-corrected chi connectivity index (χ4v) is 3.95. The van der Waals surface area contributed by atoms with Crippen LogP contribution in [0.2, 0.25) is 0 Å². The highest BCUT2D eigenvalue weighted by atomic mass is 16.5. The maximum atomic E-state index is 13.2. The van der Waals surface area contributed by atoms with E-state index in [1.165, 1.54) is 0 Å². The van der Waals surface area contributed by atoms with Crippen LogP contribution in [-0.4, -0.2) is 41.8 Å². The fourth-order valence-electron chi connectivity index (χ4n) is 3.95. The van der Waals surface area contributed by atoms with Gasteiger partial charge in [-0.15, -0.1) is 0 Å². The van der Waals surface area contributed by atoms with Gasteiger partial charge in [0.1, 0.15) is 11.5 Å². The lowest BCUT2D eigenvalue weighted by Gasteiger charge is -2.27. The number of pyridine rings is 1. The molecular weight excluding hydrogens is 364 g/mol. The van der Waals surface area contributed by atoms with Crippen LogP contribution in [0.25, 0.3) is 10.9 Å². The molecule has 1 aliphatic heterocycles. The molecule has 29 heavy (non-hydrogen) atoms. The summed E-state index contributed by atoms with van der Waals surface area (Å²) >= 11 is 0. The number of carbonyl (C=O) groups is 1. The minimum absolute atomic E-state index is 0.0873. The number of hydrogen-bond acceptors (Lipinski definition) is 4. The van der Waals surface area contributed by atoms with Gasteiger partial charge in [0.25, 0.3) is 5.91 Å². The molecule has 0 radical (unpaired) electrons. The number of rotatable bonds is 6. The van der Waals surface area contributed by atoms with Crippen molar-refractivity contribution in [2.24, 2.45) is 0 Å². The molecule has 1 fully saturated rings. The van der Waals surface area contributed by atoms with Gasteiger partial charge in [0, 0.05) is 30.5 Å². The molecule has 3 aromatic rings. The van der Waals surface area contributed by atoms with Crippen LogP contribution in [0.3, 0.4) is 0 Å². The number of unbranched alkanes of at least 4 members (excludes halogenated alkanes) is 1. The number of carbonyl (C=O) groups excluding carboxylic acids is 1. The standard InChI is InChI=1S/C23H28N4O2/c1-3-4-11-27-20-8-6-5-7-19(20)17(2)22(27)23(28)25-18-9-10-21(24-16-18)26-12-14-29-15-13-26/h5-10,16H,3-4,11-15H2,1-2H3,(H,25,28). The van der Waals surface area contributed by atoms with Gasteiger partial charge in [0.2, 0.25) is 0 Å². The summed E-state index contributed by atoms with van der Waals surface area (Å²) in [5.41, 5.74) is 3.58. The van der Waals surface area contributed by atoms with Crippen molar-refractivity contribution in [2.45, 2.75) is 33.2 Å². The van der Waals surface area contributed by atoms with E-state index in [2.05, 4.69) is 38.8 Å². The molecule has 2 aromatic heterocycles. The van der Waals surface area contributed by atoms with Crippen molar-refractivity contribution in [1.29, 1.82) is 0 Å². The first-order valence-electron chi connectivity index (χ1n) is 10.4. The molecule has 6 nitrogen and oxygen atoms in total. The van der Waals surface area contributed by atoms with Gasteiger partial charge in [0.05, 0.1) is 25.1 Å². The molecule has 0 bridgehead atoms. The number of amides is 1. The highest BCUT2D eigenvalue weighted by Crippen LogP contribution is 2.27. The number of aromatic nitrogens is 2. The Balaban J connectivity index is 1.58. The molecule has 1 aromatic carbocycles. The zero-order valence-electron chi connectivity index (χ0n) is 17.1. The Kier molecular flexibility index (Phi) is 5.81. The van der Waals surface area contributed by atoms with Crippen molar-refractivity contribution in [2.75, 3.05) is 36.5 Å². The maximum absolute atomic E-state index is 13.2. The third-order valence-corrected chi connectivity index (χ3v) is 5.52. The average Bonchev–Trinajstić information content (AvgIpc) is 3.05. The number of benzene rings is 1. The molecule has 0 saturated carbocycles. The van der Waals surface area contributed by atoms with Crippen LogP contribution in [0.4, 0.5) is 11.5 Å². The normalized spacial score (nSPS) is 14.3. The van der Waals surface area contributed by atoms with Gasteiger partial charge in [-0.1, -0.05) is 31.5 Å². The Morgan fingerprint density at radius 3 is 2.69 bits per heavy atom. The third-order valence-electron chi connectivity index (χ3n) is 5.52. The molecule has 0 atom stereocenters. The second-order valence-electron chi connectivity index (χ2n) is 7.45. The lowest BCUT2D eigenvalue weighted by atomic mass is 10.1. The molecule has 1 aliphatic rings. The highest BCUT2D eigenvalue weighted by molar-refractivity contribution is 6.08. The molecule has 0 unspecified atom stereocenters. The van der Waals surface area contributed by atoms with E-state index in [1.54, 1.807) is 6.20 Å². The van der Waals surface area contributed by atoms with Gasteiger partial charge in [0.15, 0.2) is 0 Å². The molecule has 0 spiro atoms. The lowest BCUT2D eigenvalue weighted by Crippen LogP contribution is -2.36. The number of anilines is 2. The second kappa shape index (κ2) is 8.66. The van der Waals surface area contributed by atoms with Gasteiger partial charge >= 0.3 is 0 Å². The molecule has 3 heterocycles. The Morgan fingerprint density at radius 2 is 1.97 bits per heavy atom. The first kappa shape index (κ1) is 19.5. The number of hydrogen-bond donors (Lipinski definition) is 1. The fraction of sp³-hybridized carbons (Fsp3) is 0.391. The summed E-state index contributed by atoms with van der Waals surface area (Å²) in [5.74, 6) is 0.829. The molecule has 4 rings (SSSR count). The third kappa shape index (κ3) is 3.98. The predicted molar refractivity (Wildman–Crippen MR) is 117 cm³/mol. The van der Waals surface area contributed by atoms with E-state index < -0.39 is 0 Å². The van der Waals surface area contributed by atoms with E-state index in [1.807, 2.05) is 31.2 Å². The van der Waals surface area contributed by atoms with Gasteiger partial charge < -0.3 is 19.5 Å². The Morgan fingerprint density at radius 1 is 1.17 bits per heavy atom. The largest absolute Gasteiger partial charge is 0.378 e. The summed E-state index contributed by atoms with van der Waals surface area (Å²) in [6.45, 7) is 8.16. The van der Waals surface area contributed by atoms with Crippen molar-refractivity contribution in [3.05, 3.63) is 53.9 Å². The van der Waals surface area contributed by atoms with Crippen LogP contribution < -0.4 is 10.2 Å². The van der Waals surface area contributed by atoms with Crippen molar-refractivity contribution in [3.8, 4) is 0 Å². The molecular formula is C23H28N4O2. The monoisotopic (exact) mass is 392 g/mol. The van der Waals surface area contributed by atoms with E-state index in [4.69, 9.17) is 4.74 Å². The summed E-state index contributed by atoms with van der Waals surface area (Å²) < 4.78 is 7.54. The number of ether oxygens (including phenoxy) is 1. The average molecular weight is 393 g/mol. The van der Waals surface area contributed by atoms with E-state index in [-0.39, 0.29) is 5.91 Å². The van der Waals surface area contributed by atoms with Crippen LogP contribution in [-0.2, 0) is 11.3 Å². The minimum Gasteiger partial charge on any atom is -0.378 e. The van der Waals surface area contributed by atoms with Gasteiger partial charge in [-0.3, -0.25) is 4.79 Å². The van der Waals surface area contributed by atoms with E-state index in [0.717, 1.165) is 73.7 Å². The zero-order chi connectivity index (χ0) is 20.2. The highest BCUT2D eigenvalue weighted by Gasteiger charge is 2.20. The molecule has 6 heteroatoms. The molecule has 152 valence electrons. The van der Waals surface area contributed by atoms with Crippen LogP contribution in [0.1, 0.15) is 35.8 Å². The topological polar surface area (TPSA) is 59.4 Å². The summed E-state index contributed by atoms with van der Waals surface area (Å²) in [4.78, 5) is 19.9. The van der Waals surface area contributed by atoms with Crippen molar-refractivity contribution in [1.82, 2.24) is 9.55 Å². The smallest absolute Gasteiger partial charge is 0.272 e. The lowest BCUT2D eigenvalue weighted by molar-refractivity contribution is 0.101. The number of nitrogens with zero attached hydrogens (tertiary/aromatic N) is 3. The summed E-state index contributed by atoms with van der Waals surface area (Å²) in [6.07, 6.45) is 3.85. The maximum Gasteiger partial charge on any atom is 0.272 e. The van der Waals surface area contributed by atoms with Crippen LogP contribution in [0, 0.1) is 6.92 Å². The minimum atomic E-state index is -0.0873. The molecule has 1 amide bonds. The van der Waals surface area contributed by atoms with E-state index in [0.29, 0.717) is 5.69 Å². The summed E-state index contributed by atoms with van der Waals surface area (Å²) in [7, 11) is 0. The van der Waals surface area contributed by atoms with Crippen molar-refractivity contribution >= 4 is 28.3 Å². The SMILES string of the molecule is CCCCn1c(C(=O)Nc2ccc(N3CCOCC3)nc2)c(C)c2ccccc21. The van der Waals surface area contributed by atoms with Crippen LogP contribution in [0.5, 0.6) is 0 Å². The van der Waals surface area contributed by atoms with E-state index in [9.17, 15) is 4.79 Å². The molecule has 0 aliphatic carbocycles. The Bertz CT molecular complexity index is 988. The zero-order valence-corrected chi connectivity index (χ0v) is 17.1. The Hall–Kier alpha value is -2.86. The number of nitrogens with one attached hydrogen (secondary N) is 1. The number of aryl methyl sites for hydroxylation is 2. The van der Waals surface area contributed by atoms with Crippen LogP contribution in [0.15, 0.2) is 42.6 Å². The summed E-state index contributed by atoms with van der Waals surface area (Å²) in [6, 6.07) is 12.1. The first-order chi connectivity index (χ1) is 14.2. The molecule has 1 saturated heterocycles. The van der Waals surface area contributed by atoms with Crippen molar-refractivity contribution in [3.63, 3.8) is 0 Å². The second-order valence-corrected chi connectivity index (χ2v) is 7.45. The van der Waals surface area contributed by atoms with E-state index >= 15 is 0 Å². The van der Waals surface area contributed by atoms with Gasteiger partial charge in [-0.05, 0) is 37.1 Å². The molecule has 1 N–H and O–H groups in total. The van der Waals surface area contributed by atoms with Gasteiger partial charge in [-0.2, -0.15) is 0 Å². The number of fused-ring (bicyclic) bond motifs is 1. The number of para-hydroxylation sites is 1. The van der Waals surface area contributed by atoms with Crippen LogP contribution >= 0.6 is 0 Å². The summed E-state index contributed by atoms with van der Waals surface area (Å²) in [5, 5.41) is 4.18. The van der Waals surface area contributed by atoms with Crippen molar-refractivity contribution < 1.29 is 9.53 Å². The predicted octanol–water partition coefficient (Wildman–Crippen LogP) is 4.23. The quantitative estimate of drug-likeness (QED) is 0.682. The van der Waals surface area contributed by atoms with Gasteiger partial charge in [-0.25, -0.2) is 4.98 Å².